The molecule has 0 aromatic carbocycles. The van der Waals surface area contributed by atoms with Gasteiger partial charge in [0.1, 0.15) is 5.69 Å². The fraction of sp³-hybridized carbons (Fsp3) is 0.286. The van der Waals surface area contributed by atoms with Crippen LogP contribution in [-0.2, 0) is 5.88 Å². The van der Waals surface area contributed by atoms with E-state index in [1.807, 2.05) is 0 Å². The van der Waals surface area contributed by atoms with Gasteiger partial charge in [0, 0.05) is 0 Å². The van der Waals surface area contributed by atoms with Crippen molar-refractivity contribution in [1.82, 2.24) is 4.98 Å². The zero-order valence-electron chi connectivity index (χ0n) is 6.20. The highest BCUT2D eigenvalue weighted by atomic mass is 127. The van der Waals surface area contributed by atoms with E-state index in [9.17, 15) is 13.2 Å². The molecule has 0 radical (unpaired) electrons. The summed E-state index contributed by atoms with van der Waals surface area (Å²) < 4.78 is 37.5. The molecule has 13 heavy (non-hydrogen) atoms. The first-order valence-electron chi connectivity index (χ1n) is 3.25. The molecule has 0 aliphatic carbocycles. The van der Waals surface area contributed by atoms with Gasteiger partial charge in [0.2, 0.25) is 0 Å². The van der Waals surface area contributed by atoms with Gasteiger partial charge in [-0.2, -0.15) is 0 Å². The molecule has 0 aliphatic rings. The van der Waals surface area contributed by atoms with E-state index < -0.39 is 17.9 Å². The molecular formula is C7H4ClF3IN. The molecule has 6 heteroatoms. The Morgan fingerprint density at radius 1 is 1.54 bits per heavy atom. The molecule has 1 rings (SSSR count). The van der Waals surface area contributed by atoms with Gasteiger partial charge >= 0.3 is 0 Å². The van der Waals surface area contributed by atoms with E-state index in [2.05, 4.69) is 4.98 Å². The van der Waals surface area contributed by atoms with E-state index in [4.69, 9.17) is 11.6 Å². The highest BCUT2D eigenvalue weighted by Crippen LogP contribution is 2.22. The normalized spacial score (nSPS) is 10.9. The summed E-state index contributed by atoms with van der Waals surface area (Å²) in [6, 6.07) is 1.01. The van der Waals surface area contributed by atoms with E-state index in [0.717, 1.165) is 6.07 Å². The van der Waals surface area contributed by atoms with Crippen LogP contribution < -0.4 is 0 Å². The number of pyridine rings is 1. The maximum Gasteiger partial charge on any atom is 0.280 e. The number of rotatable bonds is 2. The van der Waals surface area contributed by atoms with Gasteiger partial charge in [-0.25, -0.2) is 18.2 Å². The molecule has 0 N–H and O–H groups in total. The summed E-state index contributed by atoms with van der Waals surface area (Å²) in [4.78, 5) is 3.39. The Hall–Kier alpha value is -0.0400. The summed E-state index contributed by atoms with van der Waals surface area (Å²) in [6.07, 6.45) is -2.70. The molecule has 0 saturated heterocycles. The van der Waals surface area contributed by atoms with E-state index in [-0.39, 0.29) is 15.1 Å². The lowest BCUT2D eigenvalue weighted by molar-refractivity contribution is 0.145. The zero-order chi connectivity index (χ0) is 10.0. The van der Waals surface area contributed by atoms with Crippen LogP contribution in [0.2, 0.25) is 0 Å². The van der Waals surface area contributed by atoms with Crippen LogP contribution >= 0.6 is 34.2 Å². The van der Waals surface area contributed by atoms with Crippen molar-refractivity contribution in [2.75, 3.05) is 0 Å². The Balaban J connectivity index is 3.22. The first-order valence-corrected chi connectivity index (χ1v) is 4.86. The van der Waals surface area contributed by atoms with Crippen molar-refractivity contribution in [3.8, 4) is 0 Å². The summed E-state index contributed by atoms with van der Waals surface area (Å²) in [6.45, 7) is 0. The summed E-state index contributed by atoms with van der Waals surface area (Å²) in [7, 11) is 0. The number of alkyl halides is 3. The van der Waals surface area contributed by atoms with Crippen molar-refractivity contribution in [1.29, 1.82) is 0 Å². The van der Waals surface area contributed by atoms with Gasteiger partial charge in [0.05, 0.1) is 15.1 Å². The van der Waals surface area contributed by atoms with Crippen molar-refractivity contribution in [3.05, 3.63) is 26.8 Å². The van der Waals surface area contributed by atoms with Crippen molar-refractivity contribution in [2.45, 2.75) is 12.3 Å². The van der Waals surface area contributed by atoms with Crippen LogP contribution in [0.25, 0.3) is 0 Å². The predicted octanol–water partition coefficient (Wildman–Crippen LogP) is 3.50. The number of hydrogen-bond donors (Lipinski definition) is 0. The minimum Gasteiger partial charge on any atom is -0.247 e. The van der Waals surface area contributed by atoms with Crippen LogP contribution in [0.1, 0.15) is 17.8 Å². The van der Waals surface area contributed by atoms with Gasteiger partial charge in [-0.1, -0.05) is 0 Å². The van der Waals surface area contributed by atoms with Crippen molar-refractivity contribution < 1.29 is 13.2 Å². The van der Waals surface area contributed by atoms with Crippen LogP contribution in [0, 0.1) is 9.39 Å². The smallest absolute Gasteiger partial charge is 0.247 e. The lowest BCUT2D eigenvalue weighted by Gasteiger charge is -2.04. The molecule has 0 saturated carbocycles. The number of hydrogen-bond acceptors (Lipinski definition) is 1. The minimum atomic E-state index is -2.70. The number of nitrogens with zero attached hydrogens (tertiary/aromatic N) is 1. The van der Waals surface area contributed by atoms with E-state index in [1.54, 1.807) is 22.6 Å². The fourth-order valence-electron chi connectivity index (χ4n) is 0.769. The largest absolute Gasteiger partial charge is 0.280 e. The van der Waals surface area contributed by atoms with E-state index >= 15 is 0 Å². The Bertz CT molecular complexity index is 319. The maximum absolute atomic E-state index is 13.0. The van der Waals surface area contributed by atoms with Crippen molar-refractivity contribution >= 4 is 34.2 Å². The predicted molar refractivity (Wildman–Crippen MR) is 51.4 cm³/mol. The molecule has 1 aromatic rings. The second kappa shape index (κ2) is 4.45. The van der Waals surface area contributed by atoms with Gasteiger partial charge < -0.3 is 0 Å². The third kappa shape index (κ3) is 2.46. The third-order valence-corrected chi connectivity index (χ3v) is 2.39. The summed E-state index contributed by atoms with van der Waals surface area (Å²) in [5.74, 6) is -0.831. The summed E-state index contributed by atoms with van der Waals surface area (Å²) in [5.41, 5.74) is -0.578. The highest BCUT2D eigenvalue weighted by Gasteiger charge is 2.15. The zero-order valence-corrected chi connectivity index (χ0v) is 9.11. The molecule has 72 valence electrons. The Kier molecular flexibility index (Phi) is 3.78. The van der Waals surface area contributed by atoms with Crippen LogP contribution in [0.5, 0.6) is 0 Å². The molecule has 0 unspecified atom stereocenters. The Labute approximate surface area is 91.4 Å². The highest BCUT2D eigenvalue weighted by molar-refractivity contribution is 14.1. The number of halogens is 5. The molecule has 1 aromatic heterocycles. The third-order valence-electron chi connectivity index (χ3n) is 1.35. The molecule has 1 heterocycles. The minimum absolute atomic E-state index is 0.110. The van der Waals surface area contributed by atoms with Gasteiger partial charge in [0.15, 0.2) is 5.82 Å². The van der Waals surface area contributed by atoms with Crippen LogP contribution in [0.15, 0.2) is 6.07 Å². The molecule has 1 nitrogen and oxygen atoms in total. The quantitative estimate of drug-likeness (QED) is 0.600. The molecular weight excluding hydrogens is 317 g/mol. The van der Waals surface area contributed by atoms with Crippen LogP contribution in [0.4, 0.5) is 13.2 Å². The van der Waals surface area contributed by atoms with Gasteiger partial charge in [0.25, 0.3) is 6.43 Å². The SMILES string of the molecule is Fc1c(I)cc(C(F)F)nc1CCl. The van der Waals surface area contributed by atoms with Crippen molar-refractivity contribution in [3.63, 3.8) is 0 Å². The lowest BCUT2D eigenvalue weighted by atomic mass is 10.3. The standard InChI is InChI=1S/C7H4ClF3IN/c8-2-5-6(9)3(12)1-4(13-5)7(10)11/h1,7H,2H2. The molecule has 0 aliphatic heterocycles. The summed E-state index contributed by atoms with van der Waals surface area (Å²) in [5, 5.41) is 0. The molecule has 0 atom stereocenters. The van der Waals surface area contributed by atoms with E-state index in [0.29, 0.717) is 0 Å². The Morgan fingerprint density at radius 3 is 2.62 bits per heavy atom. The topological polar surface area (TPSA) is 12.9 Å². The van der Waals surface area contributed by atoms with Crippen LogP contribution in [-0.4, -0.2) is 4.98 Å². The van der Waals surface area contributed by atoms with Gasteiger partial charge in [-0.15, -0.1) is 11.6 Å². The maximum atomic E-state index is 13.0. The Morgan fingerprint density at radius 2 is 2.15 bits per heavy atom. The molecule has 0 amide bonds. The van der Waals surface area contributed by atoms with Gasteiger partial charge in [-0.05, 0) is 28.7 Å². The average molecular weight is 321 g/mol. The fourth-order valence-corrected chi connectivity index (χ4v) is 1.58. The lowest BCUT2D eigenvalue weighted by Crippen LogP contribution is -2.00. The van der Waals surface area contributed by atoms with E-state index in [1.165, 1.54) is 0 Å². The van der Waals surface area contributed by atoms with Crippen LogP contribution in [0.3, 0.4) is 0 Å². The summed E-state index contributed by atoms with van der Waals surface area (Å²) >= 11 is 6.96. The van der Waals surface area contributed by atoms with Crippen molar-refractivity contribution in [2.24, 2.45) is 0 Å². The second-order valence-electron chi connectivity index (χ2n) is 2.22. The number of aromatic nitrogens is 1. The second-order valence-corrected chi connectivity index (χ2v) is 3.65. The average Bonchev–Trinajstić information content (AvgIpc) is 2.09. The molecule has 0 spiro atoms. The van der Waals surface area contributed by atoms with Gasteiger partial charge in [-0.3, -0.25) is 0 Å². The molecule has 0 fully saturated rings. The monoisotopic (exact) mass is 321 g/mol. The first-order chi connectivity index (χ1) is 6.06. The first kappa shape index (κ1) is 11.0. The molecule has 0 bridgehead atoms.